The second-order valence-corrected chi connectivity index (χ2v) is 4.63. The number of benzene rings is 1. The van der Waals surface area contributed by atoms with Gasteiger partial charge in [-0.3, -0.25) is 0 Å². The van der Waals surface area contributed by atoms with Crippen molar-refractivity contribution < 1.29 is 14.5 Å². The molecule has 102 valence electrons. The van der Waals surface area contributed by atoms with Crippen LogP contribution in [0.5, 0.6) is 5.75 Å². The van der Waals surface area contributed by atoms with Crippen LogP contribution in [0.2, 0.25) is 0 Å². The summed E-state index contributed by atoms with van der Waals surface area (Å²) in [5.74, 6) is 5.31. The largest absolute Gasteiger partial charge is 0.370 e. The molecule has 1 aliphatic heterocycles. The Hall–Kier alpha value is -1.86. The molecule has 1 aromatic carbocycles. The number of aromatic nitrogens is 2. The molecule has 1 fully saturated rings. The zero-order valence-electron chi connectivity index (χ0n) is 10.5. The van der Waals surface area contributed by atoms with Crippen LogP contribution in [0.4, 0.5) is 5.69 Å². The van der Waals surface area contributed by atoms with Crippen molar-refractivity contribution in [2.24, 2.45) is 5.90 Å². The molecular weight excluding hydrogens is 248 g/mol. The summed E-state index contributed by atoms with van der Waals surface area (Å²) in [6.45, 7) is 2.05. The van der Waals surface area contributed by atoms with E-state index in [0.717, 1.165) is 18.8 Å². The molecule has 0 radical (unpaired) electrons. The fourth-order valence-corrected chi connectivity index (χ4v) is 2.52. The minimum absolute atomic E-state index is 0.400. The maximum Gasteiger partial charge on any atom is 0.199 e. The van der Waals surface area contributed by atoms with Crippen LogP contribution < -0.4 is 15.7 Å². The molecule has 1 saturated heterocycles. The van der Waals surface area contributed by atoms with Gasteiger partial charge in [0.1, 0.15) is 0 Å². The van der Waals surface area contributed by atoms with Gasteiger partial charge in [-0.1, -0.05) is 17.8 Å². The lowest BCUT2D eigenvalue weighted by molar-refractivity contribution is -0.210. The highest BCUT2D eigenvalue weighted by Crippen LogP contribution is 2.32. The number of hydrogen-bond donors (Lipinski definition) is 1. The van der Waals surface area contributed by atoms with E-state index >= 15 is 0 Å². The van der Waals surface area contributed by atoms with Gasteiger partial charge in [0.2, 0.25) is 0 Å². The van der Waals surface area contributed by atoms with Crippen molar-refractivity contribution in [1.82, 2.24) is 10.3 Å². The Morgan fingerprint density at radius 1 is 1.05 bits per heavy atom. The first-order chi connectivity index (χ1) is 9.40. The summed E-state index contributed by atoms with van der Waals surface area (Å²) in [5, 5.41) is 7.81. The predicted molar refractivity (Wildman–Crippen MR) is 68.4 cm³/mol. The Kier molecular flexibility index (Phi) is 3.47. The van der Waals surface area contributed by atoms with Gasteiger partial charge in [-0.25, -0.2) is 4.63 Å². The fourth-order valence-electron chi connectivity index (χ4n) is 2.52. The molecular formula is C12H16N4O3. The molecule has 3 rings (SSSR count). The third-order valence-electron chi connectivity index (χ3n) is 3.44. The zero-order chi connectivity index (χ0) is 13.1. The highest BCUT2D eigenvalue weighted by atomic mass is 17.3. The molecule has 7 heteroatoms. The number of rotatable bonds is 3. The predicted octanol–water partition coefficient (Wildman–Crippen LogP) is 1.79. The van der Waals surface area contributed by atoms with Crippen LogP contribution >= 0.6 is 0 Å². The highest BCUT2D eigenvalue weighted by Gasteiger charge is 2.19. The smallest absolute Gasteiger partial charge is 0.199 e. The van der Waals surface area contributed by atoms with Gasteiger partial charge in [-0.05, 0) is 35.3 Å². The van der Waals surface area contributed by atoms with E-state index in [1.165, 1.54) is 25.7 Å². The van der Waals surface area contributed by atoms with E-state index in [2.05, 4.69) is 20.2 Å². The van der Waals surface area contributed by atoms with Crippen molar-refractivity contribution in [3.63, 3.8) is 0 Å². The number of hydrogen-bond acceptors (Lipinski definition) is 7. The Bertz CT molecular complexity index is 549. The number of fused-ring (bicyclic) bond motifs is 1. The average molecular weight is 264 g/mol. The van der Waals surface area contributed by atoms with Crippen LogP contribution in [-0.2, 0) is 4.99 Å². The van der Waals surface area contributed by atoms with E-state index in [4.69, 9.17) is 15.4 Å². The van der Waals surface area contributed by atoms with Gasteiger partial charge in [0.25, 0.3) is 0 Å². The molecule has 2 heterocycles. The van der Waals surface area contributed by atoms with Gasteiger partial charge in [-0.15, -0.1) is 0 Å². The van der Waals surface area contributed by atoms with Gasteiger partial charge in [-0.2, -0.15) is 5.90 Å². The summed E-state index contributed by atoms with van der Waals surface area (Å²) in [6.07, 6.45) is 4.94. The van der Waals surface area contributed by atoms with Crippen LogP contribution in [-0.4, -0.2) is 23.4 Å². The van der Waals surface area contributed by atoms with Crippen molar-refractivity contribution in [1.29, 1.82) is 0 Å². The molecule has 19 heavy (non-hydrogen) atoms. The number of nitrogens with two attached hydrogens (primary N) is 1. The lowest BCUT2D eigenvalue weighted by atomic mass is 10.2. The molecule has 2 aromatic rings. The second-order valence-electron chi connectivity index (χ2n) is 4.63. The summed E-state index contributed by atoms with van der Waals surface area (Å²) < 4.78 is 4.81. The van der Waals surface area contributed by atoms with Gasteiger partial charge in [0.15, 0.2) is 16.8 Å². The summed E-state index contributed by atoms with van der Waals surface area (Å²) in [6, 6.07) is 3.70. The van der Waals surface area contributed by atoms with Crippen molar-refractivity contribution in [3.05, 3.63) is 12.1 Å². The second kappa shape index (κ2) is 5.41. The van der Waals surface area contributed by atoms with Gasteiger partial charge < -0.3 is 9.79 Å². The molecule has 0 bridgehead atoms. The molecule has 1 aliphatic rings. The van der Waals surface area contributed by atoms with Crippen molar-refractivity contribution in [3.8, 4) is 5.75 Å². The van der Waals surface area contributed by atoms with Crippen LogP contribution in [0.1, 0.15) is 25.7 Å². The first-order valence-corrected chi connectivity index (χ1v) is 6.44. The number of nitrogens with zero attached hydrogens (tertiary/aromatic N) is 3. The van der Waals surface area contributed by atoms with Crippen LogP contribution in [0.15, 0.2) is 16.8 Å². The molecule has 7 nitrogen and oxygen atoms in total. The van der Waals surface area contributed by atoms with E-state index in [1.54, 1.807) is 6.07 Å². The standard InChI is InChI=1S/C12H16N4O3/c13-18-17-10-6-5-9(11-12(10)15-19-14-11)16-7-3-1-2-4-8-16/h5-6H,1-4,7-8,13H2. The maximum absolute atomic E-state index is 4.91. The van der Waals surface area contributed by atoms with E-state index in [9.17, 15) is 0 Å². The molecule has 0 amide bonds. The molecule has 0 aliphatic carbocycles. The van der Waals surface area contributed by atoms with Crippen LogP contribution in [0.25, 0.3) is 11.0 Å². The van der Waals surface area contributed by atoms with E-state index in [-0.39, 0.29) is 0 Å². The van der Waals surface area contributed by atoms with Gasteiger partial charge >= 0.3 is 0 Å². The van der Waals surface area contributed by atoms with E-state index in [1.807, 2.05) is 6.07 Å². The summed E-state index contributed by atoms with van der Waals surface area (Å²) in [5.41, 5.74) is 2.21. The fraction of sp³-hybridized carbons (Fsp3) is 0.500. The monoisotopic (exact) mass is 264 g/mol. The molecule has 0 spiro atoms. The Labute approximate surface area is 110 Å². The molecule has 2 N–H and O–H groups in total. The molecule has 1 aromatic heterocycles. The first-order valence-electron chi connectivity index (χ1n) is 6.44. The highest BCUT2D eigenvalue weighted by molar-refractivity contribution is 5.91. The molecule has 0 unspecified atom stereocenters. The first kappa shape index (κ1) is 12.2. The Morgan fingerprint density at radius 3 is 2.53 bits per heavy atom. The summed E-state index contributed by atoms with van der Waals surface area (Å²) >= 11 is 0. The quantitative estimate of drug-likeness (QED) is 0.668. The normalized spacial score (nSPS) is 16.6. The van der Waals surface area contributed by atoms with Gasteiger partial charge in [0, 0.05) is 13.1 Å². The van der Waals surface area contributed by atoms with Crippen molar-refractivity contribution in [2.75, 3.05) is 18.0 Å². The number of anilines is 1. The zero-order valence-corrected chi connectivity index (χ0v) is 10.5. The van der Waals surface area contributed by atoms with E-state index in [0.29, 0.717) is 16.8 Å². The van der Waals surface area contributed by atoms with Gasteiger partial charge in [0.05, 0.1) is 5.69 Å². The third kappa shape index (κ3) is 2.34. The molecule has 0 saturated carbocycles. The van der Waals surface area contributed by atoms with Crippen LogP contribution in [0.3, 0.4) is 0 Å². The van der Waals surface area contributed by atoms with Crippen molar-refractivity contribution in [2.45, 2.75) is 25.7 Å². The lowest BCUT2D eigenvalue weighted by Crippen LogP contribution is -2.24. The van der Waals surface area contributed by atoms with Crippen LogP contribution in [0, 0.1) is 0 Å². The summed E-state index contributed by atoms with van der Waals surface area (Å²) in [7, 11) is 0. The third-order valence-corrected chi connectivity index (χ3v) is 3.44. The Balaban J connectivity index is 1.99. The SMILES string of the molecule is NOOc1ccc(N2CCCCCC2)c2nonc12. The topological polar surface area (TPSA) is 86.6 Å². The minimum Gasteiger partial charge on any atom is -0.370 e. The summed E-state index contributed by atoms with van der Waals surface area (Å²) in [4.78, 5) is 11.3. The average Bonchev–Trinajstić information content (AvgIpc) is 2.76. The maximum atomic E-state index is 4.91. The van der Waals surface area contributed by atoms with Crippen molar-refractivity contribution >= 4 is 16.7 Å². The Morgan fingerprint density at radius 2 is 1.79 bits per heavy atom. The minimum atomic E-state index is 0.400. The molecule has 0 atom stereocenters. The lowest BCUT2D eigenvalue weighted by Gasteiger charge is -2.22. The van der Waals surface area contributed by atoms with E-state index < -0.39 is 0 Å².